The molecule has 1 atom stereocenters. The fourth-order valence-electron chi connectivity index (χ4n) is 1.84. The molecule has 1 unspecified atom stereocenters. The third-order valence-electron chi connectivity index (χ3n) is 2.78. The molecule has 0 aromatic heterocycles. The summed E-state index contributed by atoms with van der Waals surface area (Å²) in [6, 6.07) is 3.09. The number of hydrogen-bond acceptors (Lipinski definition) is 3. The molecule has 0 radical (unpaired) electrons. The van der Waals surface area contributed by atoms with Crippen LogP contribution in [0.5, 0.6) is 11.5 Å². The fourth-order valence-corrected chi connectivity index (χ4v) is 1.84. The van der Waals surface area contributed by atoms with E-state index in [-0.39, 0.29) is 17.8 Å². The largest absolute Gasteiger partial charge is 0.493 e. The van der Waals surface area contributed by atoms with Gasteiger partial charge in [-0.25, -0.2) is 4.39 Å². The van der Waals surface area contributed by atoms with Crippen molar-refractivity contribution in [3.05, 3.63) is 23.5 Å². The van der Waals surface area contributed by atoms with Crippen molar-refractivity contribution < 1.29 is 13.9 Å². The molecule has 0 amide bonds. The van der Waals surface area contributed by atoms with Crippen molar-refractivity contribution >= 4 is 0 Å². The Hall–Kier alpha value is -1.29. The summed E-state index contributed by atoms with van der Waals surface area (Å²) >= 11 is 0. The van der Waals surface area contributed by atoms with Crippen molar-refractivity contribution in [3.63, 3.8) is 0 Å². The van der Waals surface area contributed by atoms with Crippen LogP contribution in [0.25, 0.3) is 0 Å². The molecule has 0 bridgehead atoms. The number of halogens is 1. The van der Waals surface area contributed by atoms with Crippen molar-refractivity contribution in [3.8, 4) is 11.5 Å². The second-order valence-electron chi connectivity index (χ2n) is 4.67. The van der Waals surface area contributed by atoms with E-state index in [9.17, 15) is 4.39 Å². The first-order chi connectivity index (χ1) is 8.49. The van der Waals surface area contributed by atoms with Crippen molar-refractivity contribution in [2.24, 2.45) is 5.73 Å². The van der Waals surface area contributed by atoms with E-state index in [1.807, 2.05) is 20.8 Å². The number of benzene rings is 1. The normalized spacial score (nSPS) is 12.6. The zero-order valence-corrected chi connectivity index (χ0v) is 11.5. The van der Waals surface area contributed by atoms with Gasteiger partial charge in [0.1, 0.15) is 5.82 Å². The number of ether oxygens (including phenoxy) is 2. The molecular weight excluding hydrogens is 233 g/mol. The molecule has 1 aromatic rings. The van der Waals surface area contributed by atoms with Crippen LogP contribution in [0.15, 0.2) is 12.1 Å². The summed E-state index contributed by atoms with van der Waals surface area (Å²) in [4.78, 5) is 0. The molecule has 2 N–H and O–H groups in total. The molecular formula is C14H22FNO2. The highest BCUT2D eigenvalue weighted by molar-refractivity contribution is 5.45. The van der Waals surface area contributed by atoms with Gasteiger partial charge in [-0.3, -0.25) is 0 Å². The van der Waals surface area contributed by atoms with Crippen LogP contribution in [0, 0.1) is 5.82 Å². The maximum absolute atomic E-state index is 14.0. The lowest BCUT2D eigenvalue weighted by atomic mass is 9.97. The molecule has 0 aliphatic carbocycles. The standard InChI is InChI=1S/C14H22FNO2/c1-9(2)18-14-8-12(15)11(7-13(14)17-4)10(3)5-6-16/h7-10H,5-6,16H2,1-4H3. The first-order valence-corrected chi connectivity index (χ1v) is 6.23. The Kier molecular flexibility index (Phi) is 5.41. The van der Waals surface area contributed by atoms with E-state index < -0.39 is 0 Å². The monoisotopic (exact) mass is 255 g/mol. The van der Waals surface area contributed by atoms with Gasteiger partial charge >= 0.3 is 0 Å². The van der Waals surface area contributed by atoms with Gasteiger partial charge in [-0.1, -0.05) is 6.92 Å². The molecule has 0 saturated carbocycles. The third-order valence-corrected chi connectivity index (χ3v) is 2.78. The quantitative estimate of drug-likeness (QED) is 0.849. The van der Waals surface area contributed by atoms with Gasteiger partial charge in [0, 0.05) is 6.07 Å². The van der Waals surface area contributed by atoms with Crippen molar-refractivity contribution in [2.45, 2.75) is 39.2 Å². The number of rotatable bonds is 6. The number of hydrogen-bond donors (Lipinski definition) is 1. The Morgan fingerprint density at radius 1 is 1.22 bits per heavy atom. The summed E-state index contributed by atoms with van der Waals surface area (Å²) < 4.78 is 24.8. The molecule has 102 valence electrons. The lowest BCUT2D eigenvalue weighted by molar-refractivity contribution is 0.228. The molecule has 0 spiro atoms. The molecule has 18 heavy (non-hydrogen) atoms. The second-order valence-corrected chi connectivity index (χ2v) is 4.67. The van der Waals surface area contributed by atoms with Crippen molar-refractivity contribution in [1.29, 1.82) is 0 Å². The van der Waals surface area contributed by atoms with Gasteiger partial charge in [0.15, 0.2) is 11.5 Å². The van der Waals surface area contributed by atoms with Crippen LogP contribution in [0.3, 0.4) is 0 Å². The van der Waals surface area contributed by atoms with E-state index in [1.54, 1.807) is 13.2 Å². The zero-order chi connectivity index (χ0) is 13.7. The van der Waals surface area contributed by atoms with E-state index in [4.69, 9.17) is 15.2 Å². The second kappa shape index (κ2) is 6.59. The summed E-state index contributed by atoms with van der Waals surface area (Å²) in [5.41, 5.74) is 6.12. The van der Waals surface area contributed by atoms with Crippen LogP contribution in [0.2, 0.25) is 0 Å². The SMILES string of the molecule is COc1cc(C(C)CCN)c(F)cc1OC(C)C. The summed E-state index contributed by atoms with van der Waals surface area (Å²) in [5.74, 6) is 0.794. The summed E-state index contributed by atoms with van der Waals surface area (Å²) in [6.45, 7) is 6.27. The van der Waals surface area contributed by atoms with Crippen LogP contribution < -0.4 is 15.2 Å². The third kappa shape index (κ3) is 3.60. The highest BCUT2D eigenvalue weighted by Crippen LogP contribution is 2.34. The molecule has 0 saturated heterocycles. The van der Waals surface area contributed by atoms with E-state index in [1.165, 1.54) is 6.07 Å². The van der Waals surface area contributed by atoms with E-state index in [0.29, 0.717) is 23.6 Å². The fraction of sp³-hybridized carbons (Fsp3) is 0.571. The van der Waals surface area contributed by atoms with Crippen LogP contribution >= 0.6 is 0 Å². The molecule has 0 fully saturated rings. The Morgan fingerprint density at radius 3 is 2.39 bits per heavy atom. The molecule has 0 heterocycles. The predicted octanol–water partition coefficient (Wildman–Crippen LogP) is 3.07. The van der Waals surface area contributed by atoms with Crippen LogP contribution in [0.4, 0.5) is 4.39 Å². The van der Waals surface area contributed by atoms with E-state index >= 15 is 0 Å². The zero-order valence-electron chi connectivity index (χ0n) is 11.5. The molecule has 4 heteroatoms. The highest BCUT2D eigenvalue weighted by atomic mass is 19.1. The van der Waals surface area contributed by atoms with Crippen LogP contribution in [0.1, 0.15) is 38.7 Å². The summed E-state index contributed by atoms with van der Waals surface area (Å²) in [7, 11) is 1.55. The van der Waals surface area contributed by atoms with Gasteiger partial charge in [-0.2, -0.15) is 0 Å². The Bertz CT molecular complexity index is 394. The molecule has 3 nitrogen and oxygen atoms in total. The van der Waals surface area contributed by atoms with Gasteiger partial charge in [0.05, 0.1) is 13.2 Å². The Labute approximate surface area is 108 Å². The predicted molar refractivity (Wildman–Crippen MR) is 70.8 cm³/mol. The Morgan fingerprint density at radius 2 is 1.89 bits per heavy atom. The van der Waals surface area contributed by atoms with Gasteiger partial charge in [0.2, 0.25) is 0 Å². The highest BCUT2D eigenvalue weighted by Gasteiger charge is 2.16. The van der Waals surface area contributed by atoms with Gasteiger partial charge in [-0.15, -0.1) is 0 Å². The van der Waals surface area contributed by atoms with E-state index in [2.05, 4.69) is 0 Å². The minimum Gasteiger partial charge on any atom is -0.493 e. The van der Waals surface area contributed by atoms with Crippen LogP contribution in [-0.2, 0) is 0 Å². The minimum absolute atomic E-state index is 0.0226. The smallest absolute Gasteiger partial charge is 0.164 e. The topological polar surface area (TPSA) is 44.5 Å². The van der Waals surface area contributed by atoms with E-state index in [0.717, 1.165) is 6.42 Å². The maximum Gasteiger partial charge on any atom is 0.164 e. The Balaban J connectivity index is 3.09. The lowest BCUT2D eigenvalue weighted by Gasteiger charge is -2.17. The first-order valence-electron chi connectivity index (χ1n) is 6.23. The number of methoxy groups -OCH3 is 1. The summed E-state index contributed by atoms with van der Waals surface area (Å²) in [6.07, 6.45) is 0.718. The first kappa shape index (κ1) is 14.8. The average molecular weight is 255 g/mol. The number of nitrogens with two attached hydrogens (primary N) is 1. The van der Waals surface area contributed by atoms with Crippen LogP contribution in [-0.4, -0.2) is 19.8 Å². The van der Waals surface area contributed by atoms with Gasteiger partial charge in [-0.05, 0) is 44.4 Å². The molecule has 1 aromatic carbocycles. The molecule has 0 aliphatic rings. The lowest BCUT2D eigenvalue weighted by Crippen LogP contribution is -2.09. The van der Waals surface area contributed by atoms with Crippen molar-refractivity contribution in [2.75, 3.05) is 13.7 Å². The van der Waals surface area contributed by atoms with Gasteiger partial charge < -0.3 is 15.2 Å². The van der Waals surface area contributed by atoms with Crippen molar-refractivity contribution in [1.82, 2.24) is 0 Å². The summed E-state index contributed by atoms with van der Waals surface area (Å²) in [5, 5.41) is 0. The van der Waals surface area contributed by atoms with Gasteiger partial charge in [0.25, 0.3) is 0 Å². The molecule has 1 rings (SSSR count). The minimum atomic E-state index is -0.271. The average Bonchev–Trinajstić information content (AvgIpc) is 2.28. The molecule has 0 aliphatic heterocycles. The maximum atomic E-state index is 14.0.